The zero-order chi connectivity index (χ0) is 17.1. The Morgan fingerprint density at radius 1 is 1.17 bits per heavy atom. The summed E-state index contributed by atoms with van der Waals surface area (Å²) in [5.41, 5.74) is 5.49. The fraction of sp³-hybridized carbons (Fsp3) is 0.111. The summed E-state index contributed by atoms with van der Waals surface area (Å²) in [5.74, 6) is -0.699. The van der Waals surface area contributed by atoms with E-state index in [0.29, 0.717) is 10.1 Å². The predicted molar refractivity (Wildman–Crippen MR) is 96.6 cm³/mol. The number of carbonyl (C=O) groups excluding carboxylic acids is 1. The molecule has 24 heavy (non-hydrogen) atoms. The lowest BCUT2D eigenvalue weighted by Crippen LogP contribution is -2.18. The Kier molecular flexibility index (Phi) is 4.88. The Morgan fingerprint density at radius 2 is 1.96 bits per heavy atom. The van der Waals surface area contributed by atoms with Gasteiger partial charge in [-0.15, -0.1) is 0 Å². The van der Waals surface area contributed by atoms with Gasteiger partial charge in [-0.05, 0) is 47.7 Å². The van der Waals surface area contributed by atoms with Crippen molar-refractivity contribution in [2.45, 2.75) is 12.8 Å². The van der Waals surface area contributed by atoms with Crippen LogP contribution in [-0.2, 0) is 6.42 Å². The third-order valence-electron chi connectivity index (χ3n) is 3.79. The second-order valence-electron chi connectivity index (χ2n) is 5.36. The summed E-state index contributed by atoms with van der Waals surface area (Å²) < 4.78 is 0. The first-order chi connectivity index (χ1) is 11.6. The van der Waals surface area contributed by atoms with Crippen LogP contribution in [0.2, 0.25) is 5.02 Å². The first-order valence-electron chi connectivity index (χ1n) is 7.35. The van der Waals surface area contributed by atoms with E-state index in [0.717, 1.165) is 24.0 Å². The van der Waals surface area contributed by atoms with Crippen molar-refractivity contribution >= 4 is 40.4 Å². The molecule has 0 saturated carbocycles. The number of allylic oxidation sites excluding steroid dienone is 1. The van der Waals surface area contributed by atoms with Gasteiger partial charge in [-0.2, -0.15) is 5.10 Å². The lowest BCUT2D eigenvalue weighted by atomic mass is 9.92. The maximum atomic E-state index is 12.0. The second kappa shape index (κ2) is 7.07. The molecule has 0 heterocycles. The van der Waals surface area contributed by atoms with Crippen molar-refractivity contribution in [2.24, 2.45) is 5.10 Å². The molecule has 0 aromatic heterocycles. The van der Waals surface area contributed by atoms with Crippen molar-refractivity contribution in [3.05, 3.63) is 69.8 Å². The minimum Gasteiger partial charge on any atom is -0.507 e. The number of aromatic hydroxyl groups is 1. The monoisotopic (exact) mass is 360 g/mol. The van der Waals surface area contributed by atoms with Crippen molar-refractivity contribution in [3.8, 4) is 5.75 Å². The summed E-state index contributed by atoms with van der Waals surface area (Å²) >= 11 is 12.2. The Morgan fingerprint density at radius 3 is 2.79 bits per heavy atom. The normalized spacial score (nSPS) is 13.9. The third-order valence-corrected chi connectivity index (χ3v) is 4.47. The molecule has 2 N–H and O–H groups in total. The molecule has 0 saturated heterocycles. The number of phenols is 1. The first-order valence-corrected chi connectivity index (χ1v) is 8.10. The molecule has 1 aliphatic carbocycles. The van der Waals surface area contributed by atoms with E-state index in [4.69, 9.17) is 23.2 Å². The molecular formula is C18H14Cl2N2O2. The molecule has 122 valence electrons. The molecule has 6 heteroatoms. The number of amides is 1. The zero-order valence-corrected chi connectivity index (χ0v) is 14.1. The zero-order valence-electron chi connectivity index (χ0n) is 12.6. The van der Waals surface area contributed by atoms with Crippen LogP contribution in [0.5, 0.6) is 5.75 Å². The molecule has 0 fully saturated rings. The first kappa shape index (κ1) is 16.6. The van der Waals surface area contributed by atoms with E-state index in [2.05, 4.69) is 16.6 Å². The van der Waals surface area contributed by atoms with Crippen molar-refractivity contribution in [1.82, 2.24) is 5.43 Å². The maximum absolute atomic E-state index is 12.0. The maximum Gasteiger partial charge on any atom is 0.275 e. The summed E-state index contributed by atoms with van der Waals surface area (Å²) in [6.07, 6.45) is 3.16. The topological polar surface area (TPSA) is 61.7 Å². The van der Waals surface area contributed by atoms with E-state index in [1.54, 1.807) is 0 Å². The van der Waals surface area contributed by atoms with Gasteiger partial charge < -0.3 is 5.11 Å². The number of nitrogens with one attached hydrogen (secondary N) is 1. The Labute approximate surface area is 149 Å². The molecule has 2 aromatic rings. The standard InChI is InChI=1S/C18H14Cl2N2O2/c19-13-7-8-16(23)15(9-13)18(24)22-21-10-12-6-5-11-3-1-2-4-14(11)17(12)20/h1-4,7-10,23H,5-6H2,(H,22,24). The number of carbonyl (C=O) groups is 1. The van der Waals surface area contributed by atoms with Gasteiger partial charge in [0.25, 0.3) is 5.91 Å². The van der Waals surface area contributed by atoms with Crippen molar-refractivity contribution in [3.63, 3.8) is 0 Å². The molecule has 4 nitrogen and oxygen atoms in total. The molecule has 0 spiro atoms. The van der Waals surface area contributed by atoms with Crippen LogP contribution in [0.15, 0.2) is 53.1 Å². The molecule has 0 radical (unpaired) electrons. The molecule has 0 atom stereocenters. The van der Waals surface area contributed by atoms with Gasteiger partial charge in [0.2, 0.25) is 0 Å². The summed E-state index contributed by atoms with van der Waals surface area (Å²) in [5, 5.41) is 14.6. The highest BCUT2D eigenvalue weighted by Gasteiger charge is 2.16. The van der Waals surface area contributed by atoms with Crippen LogP contribution in [0.4, 0.5) is 0 Å². The number of hydrogen-bond acceptors (Lipinski definition) is 3. The van der Waals surface area contributed by atoms with E-state index >= 15 is 0 Å². The molecular weight excluding hydrogens is 347 g/mol. The van der Waals surface area contributed by atoms with Gasteiger partial charge in [0, 0.05) is 5.02 Å². The van der Waals surface area contributed by atoms with Crippen molar-refractivity contribution in [1.29, 1.82) is 0 Å². The number of hydrazone groups is 1. The van der Waals surface area contributed by atoms with Gasteiger partial charge in [0.1, 0.15) is 5.75 Å². The van der Waals surface area contributed by atoms with Gasteiger partial charge in [-0.25, -0.2) is 5.43 Å². The minimum atomic E-state index is -0.542. The lowest BCUT2D eigenvalue weighted by Gasteiger charge is -2.17. The highest BCUT2D eigenvalue weighted by molar-refractivity contribution is 6.51. The lowest BCUT2D eigenvalue weighted by molar-refractivity contribution is 0.0952. The summed E-state index contributed by atoms with van der Waals surface area (Å²) in [6.45, 7) is 0. The number of phenolic OH excluding ortho intramolecular Hbond substituents is 1. The van der Waals surface area contributed by atoms with Crippen molar-refractivity contribution < 1.29 is 9.90 Å². The predicted octanol–water partition coefficient (Wildman–Crippen LogP) is 4.36. The average molecular weight is 361 g/mol. The number of rotatable bonds is 3. The smallest absolute Gasteiger partial charge is 0.275 e. The minimum absolute atomic E-state index is 0.0636. The van der Waals surface area contributed by atoms with Gasteiger partial charge in [-0.3, -0.25) is 4.79 Å². The van der Waals surface area contributed by atoms with E-state index in [1.165, 1.54) is 30.0 Å². The Hall–Kier alpha value is -2.30. The summed E-state index contributed by atoms with van der Waals surface area (Å²) in [7, 11) is 0. The average Bonchev–Trinajstić information content (AvgIpc) is 2.59. The van der Waals surface area contributed by atoms with Gasteiger partial charge in [-0.1, -0.05) is 47.5 Å². The van der Waals surface area contributed by atoms with Crippen LogP contribution in [0, 0.1) is 0 Å². The van der Waals surface area contributed by atoms with Crippen LogP contribution in [0.3, 0.4) is 0 Å². The quantitative estimate of drug-likeness (QED) is 0.630. The van der Waals surface area contributed by atoms with Crippen LogP contribution in [0.1, 0.15) is 27.9 Å². The van der Waals surface area contributed by atoms with Crippen LogP contribution < -0.4 is 5.43 Å². The fourth-order valence-corrected chi connectivity index (χ4v) is 3.04. The van der Waals surface area contributed by atoms with Gasteiger partial charge in [0.05, 0.1) is 16.8 Å². The molecule has 3 rings (SSSR count). The third kappa shape index (κ3) is 3.45. The van der Waals surface area contributed by atoms with Crippen molar-refractivity contribution in [2.75, 3.05) is 0 Å². The van der Waals surface area contributed by atoms with Crippen LogP contribution >= 0.6 is 23.2 Å². The van der Waals surface area contributed by atoms with Gasteiger partial charge in [0.15, 0.2) is 0 Å². The number of hydrogen-bond donors (Lipinski definition) is 2. The number of halogens is 2. The van der Waals surface area contributed by atoms with Crippen LogP contribution in [0.25, 0.3) is 5.03 Å². The highest BCUT2D eigenvalue weighted by atomic mass is 35.5. The SMILES string of the molecule is O=C(NN=CC1=C(Cl)c2ccccc2CC1)c1cc(Cl)ccc1O. The molecule has 0 aliphatic heterocycles. The van der Waals surface area contributed by atoms with E-state index in [9.17, 15) is 9.90 Å². The summed E-state index contributed by atoms with van der Waals surface area (Å²) in [6, 6.07) is 12.2. The highest BCUT2D eigenvalue weighted by Crippen LogP contribution is 2.33. The Balaban J connectivity index is 1.75. The largest absolute Gasteiger partial charge is 0.507 e. The Bertz CT molecular complexity index is 860. The fourth-order valence-electron chi connectivity index (χ4n) is 2.54. The number of benzene rings is 2. The number of nitrogens with zero attached hydrogens (tertiary/aromatic N) is 1. The molecule has 1 aliphatic rings. The molecule has 2 aromatic carbocycles. The number of fused-ring (bicyclic) bond motifs is 1. The molecule has 0 unspecified atom stereocenters. The molecule has 1 amide bonds. The van der Waals surface area contributed by atoms with E-state index < -0.39 is 5.91 Å². The summed E-state index contributed by atoms with van der Waals surface area (Å²) in [4.78, 5) is 12.0. The van der Waals surface area contributed by atoms with Gasteiger partial charge >= 0.3 is 0 Å². The van der Waals surface area contributed by atoms with E-state index in [1.807, 2.05) is 18.2 Å². The molecule has 0 bridgehead atoms. The van der Waals surface area contributed by atoms with E-state index in [-0.39, 0.29) is 11.3 Å². The second-order valence-corrected chi connectivity index (χ2v) is 6.17. The number of aryl methyl sites for hydroxylation is 1. The van der Waals surface area contributed by atoms with Crippen LogP contribution in [-0.4, -0.2) is 17.2 Å².